The fourth-order valence-electron chi connectivity index (χ4n) is 1.47. The number of nitrogens with zero attached hydrogens (tertiary/aromatic N) is 1. The molecule has 0 atom stereocenters. The molecule has 0 fully saturated rings. The second kappa shape index (κ2) is 4.85. The van der Waals surface area contributed by atoms with Gasteiger partial charge in [-0.25, -0.2) is 0 Å². The zero-order valence-electron chi connectivity index (χ0n) is 10.2. The third-order valence-corrected chi connectivity index (χ3v) is 2.38. The lowest BCUT2D eigenvalue weighted by Crippen LogP contribution is -2.11. The van der Waals surface area contributed by atoms with Gasteiger partial charge in [-0.15, -0.1) is 5.26 Å². The van der Waals surface area contributed by atoms with Crippen LogP contribution in [-0.2, 0) is 5.41 Å². The first-order valence-electron chi connectivity index (χ1n) is 5.32. The highest BCUT2D eigenvalue weighted by Gasteiger charge is 2.15. The van der Waals surface area contributed by atoms with E-state index in [4.69, 9.17) is 10.00 Å². The van der Waals surface area contributed by atoms with Crippen molar-refractivity contribution in [2.45, 2.75) is 33.1 Å². The Balaban J connectivity index is 3.23. The molecule has 0 unspecified atom stereocenters. The summed E-state index contributed by atoms with van der Waals surface area (Å²) < 4.78 is 4.91. The molecule has 0 amide bonds. The minimum absolute atomic E-state index is 0.0987. The van der Waals surface area contributed by atoms with Crippen molar-refractivity contribution in [3.05, 3.63) is 35.4 Å². The van der Waals surface area contributed by atoms with Gasteiger partial charge in [-0.05, 0) is 30.0 Å². The minimum atomic E-state index is 0.0987. The van der Waals surface area contributed by atoms with E-state index < -0.39 is 0 Å². The van der Waals surface area contributed by atoms with E-state index in [0.717, 1.165) is 5.56 Å². The highest BCUT2D eigenvalue weighted by atomic mass is 16.5. The number of hydrogen-bond donors (Lipinski definition) is 0. The largest absolute Gasteiger partial charge is 0.387 e. The predicted molar refractivity (Wildman–Crippen MR) is 66.1 cm³/mol. The second-order valence-electron chi connectivity index (χ2n) is 4.70. The molecule has 1 aromatic carbocycles. The summed E-state index contributed by atoms with van der Waals surface area (Å²) in [7, 11) is 0. The number of hydrogen-bond acceptors (Lipinski definition) is 2. The zero-order valence-corrected chi connectivity index (χ0v) is 10.2. The zero-order chi connectivity index (χ0) is 12.2. The van der Waals surface area contributed by atoms with Gasteiger partial charge in [-0.1, -0.05) is 39.0 Å². The fourth-order valence-corrected chi connectivity index (χ4v) is 1.47. The van der Waals surface area contributed by atoms with Crippen LogP contribution in [0, 0.1) is 11.5 Å². The summed E-state index contributed by atoms with van der Waals surface area (Å²) in [6.45, 7) is 8.42. The molecular formula is C14H17NO. The SMILES string of the molecule is C/C=C/c1cc(C(C)(C)C)ccc1OC#N. The third-order valence-electron chi connectivity index (χ3n) is 2.38. The van der Waals surface area contributed by atoms with Crippen molar-refractivity contribution in [3.8, 4) is 12.0 Å². The van der Waals surface area contributed by atoms with Crippen LogP contribution in [0.25, 0.3) is 6.08 Å². The molecule has 0 aliphatic carbocycles. The molecule has 0 radical (unpaired) electrons. The summed E-state index contributed by atoms with van der Waals surface area (Å²) >= 11 is 0. The lowest BCUT2D eigenvalue weighted by atomic mass is 9.86. The van der Waals surface area contributed by atoms with Gasteiger partial charge in [-0.2, -0.15) is 0 Å². The van der Waals surface area contributed by atoms with Crippen molar-refractivity contribution in [1.29, 1.82) is 5.26 Å². The smallest absolute Gasteiger partial charge is 0.292 e. The average molecular weight is 215 g/mol. The van der Waals surface area contributed by atoms with Crippen molar-refractivity contribution in [1.82, 2.24) is 0 Å². The van der Waals surface area contributed by atoms with E-state index in [1.807, 2.05) is 31.2 Å². The lowest BCUT2D eigenvalue weighted by molar-refractivity contribution is 0.504. The number of ether oxygens (including phenoxy) is 1. The van der Waals surface area contributed by atoms with Gasteiger partial charge in [0.1, 0.15) is 5.75 Å². The molecule has 0 aliphatic heterocycles. The molecule has 16 heavy (non-hydrogen) atoms. The van der Waals surface area contributed by atoms with Gasteiger partial charge in [0.15, 0.2) is 0 Å². The van der Waals surface area contributed by atoms with Gasteiger partial charge in [0.05, 0.1) is 0 Å². The first kappa shape index (κ1) is 12.3. The Hall–Kier alpha value is -1.75. The fraction of sp³-hybridized carbons (Fsp3) is 0.357. The van der Waals surface area contributed by atoms with Crippen molar-refractivity contribution >= 4 is 6.08 Å². The van der Waals surface area contributed by atoms with Gasteiger partial charge >= 0.3 is 0 Å². The summed E-state index contributed by atoms with van der Waals surface area (Å²) in [6.07, 6.45) is 5.59. The van der Waals surface area contributed by atoms with E-state index in [1.165, 1.54) is 5.56 Å². The van der Waals surface area contributed by atoms with Crippen LogP contribution < -0.4 is 4.74 Å². The van der Waals surface area contributed by atoms with Crippen molar-refractivity contribution in [3.63, 3.8) is 0 Å². The van der Waals surface area contributed by atoms with Crippen LogP contribution in [0.2, 0.25) is 0 Å². The Morgan fingerprint density at radius 2 is 2.00 bits per heavy atom. The van der Waals surface area contributed by atoms with E-state index in [2.05, 4.69) is 26.8 Å². The van der Waals surface area contributed by atoms with Crippen LogP contribution in [-0.4, -0.2) is 0 Å². The van der Waals surface area contributed by atoms with Crippen LogP contribution in [0.4, 0.5) is 0 Å². The molecule has 1 rings (SSSR count). The first-order chi connectivity index (χ1) is 7.49. The van der Waals surface area contributed by atoms with Gasteiger partial charge < -0.3 is 4.74 Å². The van der Waals surface area contributed by atoms with Gasteiger partial charge in [-0.3, -0.25) is 0 Å². The third kappa shape index (κ3) is 2.87. The van der Waals surface area contributed by atoms with Crippen LogP contribution in [0.3, 0.4) is 0 Å². The molecule has 0 aliphatic rings. The number of allylic oxidation sites excluding steroid dienone is 1. The summed E-state index contributed by atoms with van der Waals surface area (Å²) in [5.74, 6) is 0.605. The van der Waals surface area contributed by atoms with E-state index in [1.54, 1.807) is 6.26 Å². The maximum atomic E-state index is 8.55. The topological polar surface area (TPSA) is 33.0 Å². The highest BCUT2D eigenvalue weighted by Crippen LogP contribution is 2.28. The van der Waals surface area contributed by atoms with Gasteiger partial charge in [0.25, 0.3) is 6.26 Å². The molecule has 2 nitrogen and oxygen atoms in total. The standard InChI is InChI=1S/C14H17NO/c1-5-6-11-9-12(14(2,3)4)7-8-13(11)16-10-15/h5-9H,1-4H3/b6-5+. The molecule has 84 valence electrons. The second-order valence-corrected chi connectivity index (χ2v) is 4.70. The van der Waals surface area contributed by atoms with Crippen molar-refractivity contribution < 1.29 is 4.74 Å². The lowest BCUT2D eigenvalue weighted by Gasteiger charge is -2.20. The van der Waals surface area contributed by atoms with Gasteiger partial charge in [0, 0.05) is 5.56 Å². The Bertz CT molecular complexity index is 433. The van der Waals surface area contributed by atoms with E-state index in [0.29, 0.717) is 5.75 Å². The molecule has 0 aromatic heterocycles. The maximum absolute atomic E-state index is 8.55. The quantitative estimate of drug-likeness (QED) is 0.701. The van der Waals surface area contributed by atoms with Gasteiger partial charge in [0.2, 0.25) is 0 Å². The van der Waals surface area contributed by atoms with Crippen LogP contribution in [0.1, 0.15) is 38.8 Å². The number of rotatable bonds is 2. The summed E-state index contributed by atoms with van der Waals surface area (Å²) in [4.78, 5) is 0. The molecule has 0 bridgehead atoms. The minimum Gasteiger partial charge on any atom is -0.387 e. The highest BCUT2D eigenvalue weighted by molar-refractivity contribution is 5.59. The molecule has 0 saturated carbocycles. The Morgan fingerprint density at radius 1 is 1.31 bits per heavy atom. The summed E-state index contributed by atoms with van der Waals surface area (Å²) in [5.41, 5.74) is 2.27. The molecule has 1 aromatic rings. The molecule has 0 heterocycles. The summed E-state index contributed by atoms with van der Waals surface area (Å²) in [6, 6.07) is 5.91. The Labute approximate surface area is 97.2 Å². The predicted octanol–water partition coefficient (Wildman–Crippen LogP) is 3.88. The van der Waals surface area contributed by atoms with E-state index >= 15 is 0 Å². The van der Waals surface area contributed by atoms with Crippen LogP contribution >= 0.6 is 0 Å². The molecule has 0 spiro atoms. The maximum Gasteiger partial charge on any atom is 0.292 e. The molecule has 0 saturated heterocycles. The summed E-state index contributed by atoms with van der Waals surface area (Å²) in [5, 5.41) is 8.55. The Kier molecular flexibility index (Phi) is 3.73. The van der Waals surface area contributed by atoms with Crippen LogP contribution in [0.5, 0.6) is 5.75 Å². The number of benzene rings is 1. The average Bonchev–Trinajstić information content (AvgIpc) is 2.19. The van der Waals surface area contributed by atoms with Crippen LogP contribution in [0.15, 0.2) is 24.3 Å². The van der Waals surface area contributed by atoms with Crippen molar-refractivity contribution in [2.24, 2.45) is 0 Å². The van der Waals surface area contributed by atoms with E-state index in [9.17, 15) is 0 Å². The normalized spacial score (nSPS) is 11.4. The number of nitriles is 1. The molecule has 0 N–H and O–H groups in total. The first-order valence-corrected chi connectivity index (χ1v) is 5.32. The molecular weight excluding hydrogens is 198 g/mol. The van der Waals surface area contributed by atoms with Crippen molar-refractivity contribution in [2.75, 3.05) is 0 Å². The Morgan fingerprint density at radius 3 is 2.50 bits per heavy atom. The molecule has 2 heteroatoms. The monoisotopic (exact) mass is 215 g/mol. The van der Waals surface area contributed by atoms with E-state index in [-0.39, 0.29) is 5.41 Å².